The molecule has 0 atom stereocenters. The quantitative estimate of drug-likeness (QED) is 0.257. The van der Waals surface area contributed by atoms with Crippen molar-refractivity contribution in [2.75, 3.05) is 34.4 Å². The van der Waals surface area contributed by atoms with Gasteiger partial charge in [0.15, 0.2) is 11.5 Å². The molecule has 9 heteroatoms. The molecule has 1 aliphatic rings. The van der Waals surface area contributed by atoms with E-state index in [9.17, 15) is 14.7 Å². The van der Waals surface area contributed by atoms with E-state index < -0.39 is 11.8 Å². The Labute approximate surface area is 206 Å². The molecule has 4 aromatic rings. The Bertz CT molecular complexity index is 1510. The van der Waals surface area contributed by atoms with Crippen LogP contribution in [0.5, 0.6) is 17.2 Å². The lowest BCUT2D eigenvalue weighted by atomic mass is 9.92. The van der Waals surface area contributed by atoms with Gasteiger partial charge in [0.05, 0.1) is 35.4 Å². The molecule has 3 aromatic carbocycles. The summed E-state index contributed by atoms with van der Waals surface area (Å²) in [5, 5.41) is 14.6. The molecule has 1 aliphatic heterocycles. The largest absolute Gasteiger partial charge is 0.504 e. The zero-order chi connectivity index (χ0) is 24.9. The number of aromatic nitrogens is 1. The third kappa shape index (κ3) is 3.84. The Hall–Kier alpha value is -3.75. The van der Waals surface area contributed by atoms with Crippen molar-refractivity contribution >= 4 is 45.2 Å². The summed E-state index contributed by atoms with van der Waals surface area (Å²) in [5.74, 6) is -0.240. The van der Waals surface area contributed by atoms with Crippen LogP contribution in [0.2, 0.25) is 5.02 Å². The number of carbonyl (C=O) groups excluding carboxylic acids is 2. The van der Waals surface area contributed by atoms with Gasteiger partial charge in [0.2, 0.25) is 0 Å². The number of methoxy groups -OCH3 is 1. The zero-order valence-electron chi connectivity index (χ0n) is 19.5. The predicted octanol–water partition coefficient (Wildman–Crippen LogP) is 4.57. The summed E-state index contributed by atoms with van der Waals surface area (Å²) in [4.78, 5) is 31.2. The van der Waals surface area contributed by atoms with Crippen LogP contribution < -0.4 is 14.8 Å². The molecule has 0 unspecified atom stereocenters. The number of halogens is 1. The van der Waals surface area contributed by atoms with E-state index in [2.05, 4.69) is 15.2 Å². The monoisotopic (exact) mass is 493 g/mol. The van der Waals surface area contributed by atoms with E-state index in [0.717, 1.165) is 13.0 Å². The van der Waals surface area contributed by atoms with Crippen LogP contribution in [0.15, 0.2) is 36.4 Å². The van der Waals surface area contributed by atoms with E-state index in [1.165, 1.54) is 7.11 Å². The maximum absolute atomic E-state index is 12.9. The van der Waals surface area contributed by atoms with Crippen molar-refractivity contribution in [3.05, 3.63) is 52.5 Å². The third-order valence-electron chi connectivity index (χ3n) is 6.12. The number of carbonyl (C=O) groups is 2. The lowest BCUT2D eigenvalue weighted by Gasteiger charge is -2.13. The normalized spacial score (nSPS) is 13.1. The minimum Gasteiger partial charge on any atom is -0.504 e. The van der Waals surface area contributed by atoms with Crippen molar-refractivity contribution in [1.29, 1.82) is 0 Å². The fourth-order valence-corrected chi connectivity index (χ4v) is 4.86. The highest BCUT2D eigenvalue weighted by atomic mass is 35.5. The summed E-state index contributed by atoms with van der Waals surface area (Å²) in [7, 11) is 5.49. The van der Waals surface area contributed by atoms with Crippen LogP contribution in [0, 0.1) is 0 Å². The molecule has 5 rings (SSSR count). The number of phenolic OH excluding ortho intramolecular Hbond substituents is 1. The predicted molar refractivity (Wildman–Crippen MR) is 135 cm³/mol. The molecule has 0 fully saturated rings. The number of phenols is 1. The molecular weight excluding hydrogens is 470 g/mol. The number of imide groups is 1. The highest BCUT2D eigenvalue weighted by molar-refractivity contribution is 6.36. The van der Waals surface area contributed by atoms with Crippen molar-refractivity contribution in [2.45, 2.75) is 6.42 Å². The SMILES string of the molecule is COc1cccc(Cl)c1-c1cc2[nH]c3cc(OCCCN(C)C)c(O)cc3c2c2c1C(=O)NC2=O. The van der Waals surface area contributed by atoms with Crippen molar-refractivity contribution in [3.8, 4) is 28.4 Å². The number of ether oxygens (including phenoxy) is 2. The molecule has 0 spiro atoms. The van der Waals surface area contributed by atoms with Gasteiger partial charge in [0.1, 0.15) is 5.75 Å². The van der Waals surface area contributed by atoms with Gasteiger partial charge >= 0.3 is 0 Å². The Balaban J connectivity index is 1.72. The van der Waals surface area contributed by atoms with E-state index in [0.29, 0.717) is 56.1 Å². The summed E-state index contributed by atoms with van der Waals surface area (Å²) in [5.41, 5.74) is 2.73. The summed E-state index contributed by atoms with van der Waals surface area (Å²) >= 11 is 6.52. The first-order valence-electron chi connectivity index (χ1n) is 11.1. The number of aromatic hydroxyl groups is 1. The number of nitrogens with zero attached hydrogens (tertiary/aromatic N) is 1. The Morgan fingerprint density at radius 3 is 2.51 bits per heavy atom. The number of amides is 2. The molecule has 8 nitrogen and oxygen atoms in total. The number of nitrogens with one attached hydrogen (secondary N) is 2. The van der Waals surface area contributed by atoms with E-state index in [1.54, 1.807) is 36.4 Å². The maximum atomic E-state index is 12.9. The van der Waals surface area contributed by atoms with Crippen molar-refractivity contribution in [2.24, 2.45) is 0 Å². The van der Waals surface area contributed by atoms with Crippen LogP contribution in [0.1, 0.15) is 27.1 Å². The van der Waals surface area contributed by atoms with Gasteiger partial charge in [0.25, 0.3) is 11.8 Å². The van der Waals surface area contributed by atoms with Crippen LogP contribution >= 0.6 is 11.6 Å². The average molecular weight is 494 g/mol. The van der Waals surface area contributed by atoms with Gasteiger partial charge in [-0.05, 0) is 44.8 Å². The van der Waals surface area contributed by atoms with E-state index in [-0.39, 0.29) is 16.9 Å². The highest BCUT2D eigenvalue weighted by Gasteiger charge is 2.35. The number of H-pyrrole nitrogens is 1. The smallest absolute Gasteiger partial charge is 0.259 e. The Morgan fingerprint density at radius 1 is 1.00 bits per heavy atom. The Kier molecular flexibility index (Phi) is 5.78. The second kappa shape index (κ2) is 8.79. The van der Waals surface area contributed by atoms with Crippen LogP contribution in [-0.4, -0.2) is 61.2 Å². The fourth-order valence-electron chi connectivity index (χ4n) is 4.59. The molecule has 1 aromatic heterocycles. The summed E-state index contributed by atoms with van der Waals surface area (Å²) < 4.78 is 11.3. The average Bonchev–Trinajstić information content (AvgIpc) is 3.31. The third-order valence-corrected chi connectivity index (χ3v) is 6.43. The number of fused-ring (bicyclic) bond motifs is 5. The van der Waals surface area contributed by atoms with Crippen LogP contribution in [0.3, 0.4) is 0 Å². The first-order valence-corrected chi connectivity index (χ1v) is 11.5. The molecule has 0 bridgehead atoms. The summed E-state index contributed by atoms with van der Waals surface area (Å²) in [6, 6.07) is 10.2. The second-order valence-electron chi connectivity index (χ2n) is 8.69. The fraction of sp³-hybridized carbons (Fsp3) is 0.231. The topological polar surface area (TPSA) is 104 Å². The van der Waals surface area contributed by atoms with Crippen LogP contribution in [0.25, 0.3) is 32.9 Å². The van der Waals surface area contributed by atoms with Gasteiger partial charge in [-0.3, -0.25) is 14.9 Å². The van der Waals surface area contributed by atoms with Crippen molar-refractivity contribution < 1.29 is 24.2 Å². The van der Waals surface area contributed by atoms with Gasteiger partial charge < -0.3 is 24.5 Å². The minimum atomic E-state index is -0.511. The summed E-state index contributed by atoms with van der Waals surface area (Å²) in [6.45, 7) is 1.30. The van der Waals surface area contributed by atoms with Gasteiger partial charge in [-0.25, -0.2) is 0 Å². The zero-order valence-corrected chi connectivity index (χ0v) is 20.2. The molecule has 0 aliphatic carbocycles. The van der Waals surface area contributed by atoms with E-state index in [4.69, 9.17) is 21.1 Å². The molecule has 2 amide bonds. The number of benzene rings is 3. The van der Waals surface area contributed by atoms with Gasteiger partial charge in [-0.2, -0.15) is 0 Å². The number of aromatic amines is 1. The van der Waals surface area contributed by atoms with E-state index in [1.807, 2.05) is 14.1 Å². The minimum absolute atomic E-state index is 0.0430. The molecule has 0 saturated heterocycles. The second-order valence-corrected chi connectivity index (χ2v) is 9.10. The van der Waals surface area contributed by atoms with Gasteiger partial charge in [0, 0.05) is 40.0 Å². The number of hydrogen-bond acceptors (Lipinski definition) is 6. The first-order chi connectivity index (χ1) is 16.8. The molecule has 0 saturated carbocycles. The first kappa shape index (κ1) is 23.0. The molecule has 0 radical (unpaired) electrons. The molecule has 35 heavy (non-hydrogen) atoms. The maximum Gasteiger partial charge on any atom is 0.259 e. The standard InChI is InChI=1S/C26H24ClN3O5/c1-30(2)8-5-9-35-20-12-16-13(11-18(20)31)22-17(28-16)10-14(23-24(22)26(33)29-25(23)32)21-15(27)6-4-7-19(21)34-3/h4,6-7,10-12,28,31H,5,8-9H2,1-3H3,(H,29,32,33). The Morgan fingerprint density at radius 2 is 1.77 bits per heavy atom. The highest BCUT2D eigenvalue weighted by Crippen LogP contribution is 2.45. The lowest BCUT2D eigenvalue weighted by molar-refractivity contribution is 0.0880. The van der Waals surface area contributed by atoms with E-state index >= 15 is 0 Å². The van der Waals surface area contributed by atoms with Crippen molar-refractivity contribution in [1.82, 2.24) is 15.2 Å². The van der Waals surface area contributed by atoms with Crippen molar-refractivity contribution in [3.63, 3.8) is 0 Å². The van der Waals surface area contributed by atoms with Crippen LogP contribution in [-0.2, 0) is 0 Å². The van der Waals surface area contributed by atoms with Gasteiger partial charge in [-0.1, -0.05) is 17.7 Å². The molecule has 2 heterocycles. The molecular formula is C26H24ClN3O5. The molecule has 180 valence electrons. The number of rotatable bonds is 7. The van der Waals surface area contributed by atoms with Gasteiger partial charge in [-0.15, -0.1) is 0 Å². The molecule has 3 N–H and O–H groups in total. The van der Waals surface area contributed by atoms with Crippen LogP contribution in [0.4, 0.5) is 0 Å². The number of hydrogen-bond donors (Lipinski definition) is 3. The summed E-state index contributed by atoms with van der Waals surface area (Å²) in [6.07, 6.45) is 0.802. The lowest BCUT2D eigenvalue weighted by Crippen LogP contribution is -2.20.